The van der Waals surface area contributed by atoms with Crippen LogP contribution < -0.4 is 16.0 Å². The van der Waals surface area contributed by atoms with Crippen molar-refractivity contribution in [2.45, 2.75) is 12.1 Å². The van der Waals surface area contributed by atoms with Crippen molar-refractivity contribution in [2.24, 2.45) is 5.84 Å². The van der Waals surface area contributed by atoms with Crippen LogP contribution >= 0.6 is 0 Å². The van der Waals surface area contributed by atoms with Crippen LogP contribution in [0.25, 0.3) is 0 Å². The minimum absolute atomic E-state index is 0.198. The third-order valence-corrected chi connectivity index (χ3v) is 4.43. The number of halogens is 1. The van der Waals surface area contributed by atoms with E-state index in [-0.39, 0.29) is 23.7 Å². The Kier molecular flexibility index (Phi) is 3.89. The first-order valence-corrected chi connectivity index (χ1v) is 6.99. The lowest BCUT2D eigenvalue weighted by atomic mass is 9.94. The van der Waals surface area contributed by atoms with Crippen LogP contribution in [0.5, 0.6) is 5.75 Å². The summed E-state index contributed by atoms with van der Waals surface area (Å²) in [6.45, 7) is 5.15. The van der Waals surface area contributed by atoms with Gasteiger partial charge in [0.15, 0.2) is 11.6 Å². The molecule has 3 heterocycles. The Bertz CT molecular complexity index is 476. The first-order valence-electron chi connectivity index (χ1n) is 6.99. The fraction of sp³-hybridized carbons (Fsp3) is 0.571. The lowest BCUT2D eigenvalue weighted by molar-refractivity contribution is -0.00425. The van der Waals surface area contributed by atoms with E-state index in [1.807, 2.05) is 0 Å². The summed E-state index contributed by atoms with van der Waals surface area (Å²) in [5.41, 5.74) is 3.38. The molecule has 2 bridgehead atoms. The summed E-state index contributed by atoms with van der Waals surface area (Å²) in [6, 6.07) is 5.18. The van der Waals surface area contributed by atoms with E-state index < -0.39 is 0 Å². The van der Waals surface area contributed by atoms with Crippen LogP contribution in [-0.4, -0.2) is 55.7 Å². The second-order valence-corrected chi connectivity index (χ2v) is 5.41. The van der Waals surface area contributed by atoms with Gasteiger partial charge in [-0.1, -0.05) is 12.1 Å². The van der Waals surface area contributed by atoms with Crippen molar-refractivity contribution in [1.29, 1.82) is 0 Å². The average molecular weight is 280 g/mol. The first-order chi connectivity index (χ1) is 9.74. The third kappa shape index (κ3) is 2.29. The van der Waals surface area contributed by atoms with E-state index in [9.17, 15) is 4.39 Å². The van der Waals surface area contributed by atoms with E-state index in [2.05, 4.69) is 15.2 Å². The average Bonchev–Trinajstić information content (AvgIpc) is 2.51. The molecular weight excluding hydrogens is 259 g/mol. The summed E-state index contributed by atoms with van der Waals surface area (Å²) in [5, 5.41) is 0. The number of rotatable bonds is 4. The molecule has 1 aromatic carbocycles. The summed E-state index contributed by atoms with van der Waals surface area (Å²) in [7, 11) is 1.48. The molecule has 0 radical (unpaired) electrons. The molecule has 20 heavy (non-hydrogen) atoms. The zero-order valence-corrected chi connectivity index (χ0v) is 11.7. The third-order valence-electron chi connectivity index (χ3n) is 4.43. The van der Waals surface area contributed by atoms with E-state index in [4.69, 9.17) is 10.6 Å². The lowest BCUT2D eigenvalue weighted by Crippen LogP contribution is -2.64. The number of ether oxygens (including phenoxy) is 1. The van der Waals surface area contributed by atoms with Gasteiger partial charge in [-0.2, -0.15) is 0 Å². The van der Waals surface area contributed by atoms with Gasteiger partial charge >= 0.3 is 0 Å². The highest BCUT2D eigenvalue weighted by Gasteiger charge is 2.38. The minimum atomic E-state index is -0.324. The van der Waals surface area contributed by atoms with Crippen molar-refractivity contribution < 1.29 is 9.13 Å². The monoisotopic (exact) mass is 280 g/mol. The zero-order chi connectivity index (χ0) is 14.1. The fourth-order valence-corrected chi connectivity index (χ4v) is 3.31. The zero-order valence-electron chi connectivity index (χ0n) is 11.7. The predicted octanol–water partition coefficient (Wildman–Crippen LogP) is 0.339. The second kappa shape index (κ2) is 5.65. The Morgan fingerprint density at radius 3 is 2.65 bits per heavy atom. The number of nitrogens with zero attached hydrogens (tertiary/aromatic N) is 2. The molecule has 3 fully saturated rings. The van der Waals surface area contributed by atoms with Crippen molar-refractivity contribution in [3.63, 3.8) is 0 Å². The van der Waals surface area contributed by atoms with Gasteiger partial charge in [-0.05, 0) is 6.07 Å². The summed E-state index contributed by atoms with van der Waals surface area (Å²) in [4.78, 5) is 4.80. The second-order valence-electron chi connectivity index (χ2n) is 5.41. The van der Waals surface area contributed by atoms with Gasteiger partial charge in [0.25, 0.3) is 0 Å². The molecule has 0 aliphatic carbocycles. The van der Waals surface area contributed by atoms with Gasteiger partial charge < -0.3 is 4.74 Å². The Labute approximate surface area is 118 Å². The highest BCUT2D eigenvalue weighted by atomic mass is 19.1. The number of methoxy groups -OCH3 is 1. The van der Waals surface area contributed by atoms with Gasteiger partial charge in [-0.15, -0.1) is 0 Å². The molecule has 2 atom stereocenters. The van der Waals surface area contributed by atoms with E-state index in [0.717, 1.165) is 32.7 Å². The summed E-state index contributed by atoms with van der Waals surface area (Å²) < 4.78 is 19.5. The molecule has 0 aromatic heterocycles. The molecule has 0 spiro atoms. The van der Waals surface area contributed by atoms with Crippen LogP contribution in [0, 0.1) is 5.82 Å². The molecule has 0 amide bonds. The molecule has 6 heteroatoms. The number of piperazine rings is 3. The molecule has 0 saturated carbocycles. The van der Waals surface area contributed by atoms with Crippen molar-refractivity contribution >= 4 is 0 Å². The molecule has 4 rings (SSSR count). The SMILES string of the molecule is COc1cccc(C(NN)C2CN3CCN2CC3)c1F. The van der Waals surface area contributed by atoms with Gasteiger partial charge in [-0.25, -0.2) is 4.39 Å². The normalized spacial score (nSPS) is 30.2. The van der Waals surface area contributed by atoms with Gasteiger partial charge in [0.2, 0.25) is 0 Å². The van der Waals surface area contributed by atoms with Crippen molar-refractivity contribution in [3.8, 4) is 5.75 Å². The maximum Gasteiger partial charge on any atom is 0.169 e. The highest BCUT2D eigenvalue weighted by Crippen LogP contribution is 2.31. The van der Waals surface area contributed by atoms with Gasteiger partial charge in [0.05, 0.1) is 13.2 Å². The largest absolute Gasteiger partial charge is 0.494 e. The summed E-state index contributed by atoms with van der Waals surface area (Å²) >= 11 is 0. The quantitative estimate of drug-likeness (QED) is 0.615. The molecule has 5 nitrogen and oxygen atoms in total. The topological polar surface area (TPSA) is 53.8 Å². The Balaban J connectivity index is 1.90. The number of hydrogen-bond donors (Lipinski definition) is 2. The molecule has 3 aliphatic heterocycles. The van der Waals surface area contributed by atoms with E-state index in [0.29, 0.717) is 5.56 Å². The molecule has 1 aromatic rings. The van der Waals surface area contributed by atoms with Crippen molar-refractivity contribution in [3.05, 3.63) is 29.6 Å². The minimum Gasteiger partial charge on any atom is -0.494 e. The molecule has 3 saturated heterocycles. The van der Waals surface area contributed by atoms with Crippen LogP contribution in [0.15, 0.2) is 18.2 Å². The smallest absolute Gasteiger partial charge is 0.169 e. The van der Waals surface area contributed by atoms with Crippen LogP contribution in [0.3, 0.4) is 0 Å². The van der Waals surface area contributed by atoms with Gasteiger partial charge in [0.1, 0.15) is 0 Å². The van der Waals surface area contributed by atoms with Crippen LogP contribution in [0.4, 0.5) is 4.39 Å². The summed E-state index contributed by atoms with van der Waals surface area (Å²) in [5.74, 6) is 5.66. The van der Waals surface area contributed by atoms with Crippen molar-refractivity contribution in [2.75, 3.05) is 39.8 Å². The Hall–Kier alpha value is -1.21. The lowest BCUT2D eigenvalue weighted by Gasteiger charge is -2.50. The maximum absolute atomic E-state index is 14.5. The highest BCUT2D eigenvalue weighted by molar-refractivity contribution is 5.34. The van der Waals surface area contributed by atoms with Crippen molar-refractivity contribution in [1.82, 2.24) is 15.2 Å². The van der Waals surface area contributed by atoms with Crippen LogP contribution in [0.2, 0.25) is 0 Å². The Morgan fingerprint density at radius 1 is 1.35 bits per heavy atom. The standard InChI is InChI=1S/C14H21FN4O/c1-20-12-4-2-3-10(13(12)15)14(17-16)11-9-18-5-7-19(11)8-6-18/h2-4,11,14,17H,5-9,16H2,1H3. The number of nitrogens with two attached hydrogens (primary N) is 1. The maximum atomic E-state index is 14.5. The number of hydrogen-bond acceptors (Lipinski definition) is 5. The number of fused-ring (bicyclic) bond motifs is 3. The Morgan fingerprint density at radius 2 is 2.10 bits per heavy atom. The van der Waals surface area contributed by atoms with Crippen LogP contribution in [0.1, 0.15) is 11.6 Å². The molecular formula is C14H21FN4O. The number of benzene rings is 1. The predicted molar refractivity (Wildman–Crippen MR) is 74.8 cm³/mol. The van der Waals surface area contributed by atoms with Gasteiger partial charge in [0, 0.05) is 44.3 Å². The van der Waals surface area contributed by atoms with E-state index in [1.54, 1.807) is 18.2 Å². The first kappa shape index (κ1) is 13.8. The van der Waals surface area contributed by atoms with E-state index in [1.165, 1.54) is 7.11 Å². The number of nitrogens with one attached hydrogen (secondary N) is 1. The fourth-order valence-electron chi connectivity index (χ4n) is 3.31. The summed E-state index contributed by atoms with van der Waals surface area (Å²) in [6.07, 6.45) is 0. The number of hydrazine groups is 1. The molecule has 2 unspecified atom stereocenters. The molecule has 3 N–H and O–H groups in total. The van der Waals surface area contributed by atoms with E-state index >= 15 is 0 Å². The molecule has 3 aliphatic rings. The molecule has 110 valence electrons. The van der Waals surface area contributed by atoms with Crippen LogP contribution in [-0.2, 0) is 0 Å². The van der Waals surface area contributed by atoms with Gasteiger partial charge in [-0.3, -0.25) is 21.1 Å².